The van der Waals surface area contributed by atoms with Crippen molar-refractivity contribution in [2.24, 2.45) is 5.73 Å². The van der Waals surface area contributed by atoms with E-state index in [0.29, 0.717) is 6.10 Å². The van der Waals surface area contributed by atoms with Crippen molar-refractivity contribution in [3.8, 4) is 0 Å². The molecular formula is C13H26N2O2. The van der Waals surface area contributed by atoms with E-state index in [2.05, 4.69) is 13.8 Å². The lowest BCUT2D eigenvalue weighted by molar-refractivity contribution is -0.138. The van der Waals surface area contributed by atoms with Crippen LogP contribution in [0.25, 0.3) is 0 Å². The van der Waals surface area contributed by atoms with Crippen LogP contribution in [0.5, 0.6) is 0 Å². The van der Waals surface area contributed by atoms with Crippen molar-refractivity contribution in [3.05, 3.63) is 0 Å². The minimum atomic E-state index is -0.323. The minimum Gasteiger partial charge on any atom is -0.381 e. The molecular weight excluding hydrogens is 216 g/mol. The highest BCUT2D eigenvalue weighted by molar-refractivity contribution is 5.82. The molecule has 4 heteroatoms. The summed E-state index contributed by atoms with van der Waals surface area (Å²) in [5.41, 5.74) is 5.94. The van der Waals surface area contributed by atoms with Crippen LogP contribution in [0, 0.1) is 0 Å². The predicted molar refractivity (Wildman–Crippen MR) is 68.7 cm³/mol. The Hall–Kier alpha value is -0.610. The van der Waals surface area contributed by atoms with Gasteiger partial charge in [-0.25, -0.2) is 0 Å². The Morgan fingerprint density at radius 2 is 2.29 bits per heavy atom. The molecule has 2 N–H and O–H groups in total. The molecule has 0 aliphatic carbocycles. The number of piperidine rings is 1. The Morgan fingerprint density at radius 1 is 1.59 bits per heavy atom. The second kappa shape index (κ2) is 6.97. The topological polar surface area (TPSA) is 55.6 Å². The third-order valence-corrected chi connectivity index (χ3v) is 3.63. The number of ether oxygens (including phenoxy) is 1. The number of nitrogens with two attached hydrogens (primary N) is 1. The van der Waals surface area contributed by atoms with E-state index in [1.165, 1.54) is 0 Å². The first kappa shape index (κ1) is 14.5. The molecule has 1 heterocycles. The number of hydrogen-bond donors (Lipinski definition) is 1. The summed E-state index contributed by atoms with van der Waals surface area (Å²) in [4.78, 5) is 14.1. The van der Waals surface area contributed by atoms with Crippen LogP contribution in [-0.4, -0.2) is 42.6 Å². The van der Waals surface area contributed by atoms with Crippen LogP contribution in [0.3, 0.4) is 0 Å². The van der Waals surface area contributed by atoms with Crippen molar-refractivity contribution in [1.82, 2.24) is 4.90 Å². The van der Waals surface area contributed by atoms with Crippen molar-refractivity contribution >= 4 is 5.91 Å². The molecule has 0 saturated carbocycles. The quantitative estimate of drug-likeness (QED) is 0.795. The monoisotopic (exact) mass is 242 g/mol. The van der Waals surface area contributed by atoms with Gasteiger partial charge in [-0.1, -0.05) is 19.8 Å². The first-order valence-corrected chi connectivity index (χ1v) is 6.69. The molecule has 100 valence electrons. The molecule has 3 atom stereocenters. The van der Waals surface area contributed by atoms with E-state index >= 15 is 0 Å². The van der Waals surface area contributed by atoms with Gasteiger partial charge >= 0.3 is 0 Å². The van der Waals surface area contributed by atoms with Crippen LogP contribution in [0.15, 0.2) is 0 Å². The highest BCUT2D eigenvalue weighted by Gasteiger charge is 2.30. The van der Waals surface area contributed by atoms with Gasteiger partial charge in [-0.2, -0.15) is 0 Å². The zero-order valence-electron chi connectivity index (χ0n) is 11.3. The van der Waals surface area contributed by atoms with Gasteiger partial charge in [0.25, 0.3) is 0 Å². The van der Waals surface area contributed by atoms with Crippen molar-refractivity contribution in [3.63, 3.8) is 0 Å². The third kappa shape index (κ3) is 3.96. The average molecular weight is 242 g/mol. The van der Waals surface area contributed by atoms with E-state index in [-0.39, 0.29) is 18.0 Å². The summed E-state index contributed by atoms with van der Waals surface area (Å²) in [6, 6.07) is -0.0784. The Morgan fingerprint density at radius 3 is 2.82 bits per heavy atom. The molecule has 1 aliphatic rings. The highest BCUT2D eigenvalue weighted by Crippen LogP contribution is 2.20. The molecule has 1 aliphatic heterocycles. The molecule has 4 nitrogen and oxygen atoms in total. The second-order valence-corrected chi connectivity index (χ2v) is 5.01. The maximum Gasteiger partial charge on any atom is 0.239 e. The van der Waals surface area contributed by atoms with Crippen molar-refractivity contribution in [2.45, 2.75) is 64.1 Å². The molecule has 0 bridgehead atoms. The lowest BCUT2D eigenvalue weighted by atomic mass is 9.99. The molecule has 1 saturated heterocycles. The van der Waals surface area contributed by atoms with Gasteiger partial charge in [0.15, 0.2) is 0 Å². The SMILES string of the molecule is CCCCC(N)C(=O)N1CCC(OC)CC1C. The Bertz CT molecular complexity index is 246. The van der Waals surface area contributed by atoms with E-state index in [4.69, 9.17) is 10.5 Å². The summed E-state index contributed by atoms with van der Waals surface area (Å²) in [5, 5.41) is 0. The molecule has 0 spiro atoms. The summed E-state index contributed by atoms with van der Waals surface area (Å²) >= 11 is 0. The summed E-state index contributed by atoms with van der Waals surface area (Å²) < 4.78 is 5.35. The second-order valence-electron chi connectivity index (χ2n) is 5.01. The van der Waals surface area contributed by atoms with Crippen LogP contribution in [0.1, 0.15) is 46.0 Å². The van der Waals surface area contributed by atoms with Crippen LogP contribution < -0.4 is 5.73 Å². The summed E-state index contributed by atoms with van der Waals surface area (Å²) in [7, 11) is 1.74. The van der Waals surface area contributed by atoms with Gasteiger partial charge in [0.05, 0.1) is 12.1 Å². The van der Waals surface area contributed by atoms with Crippen molar-refractivity contribution in [2.75, 3.05) is 13.7 Å². The molecule has 1 rings (SSSR count). The fourth-order valence-corrected chi connectivity index (χ4v) is 2.43. The van der Waals surface area contributed by atoms with E-state index in [9.17, 15) is 4.79 Å². The average Bonchev–Trinajstić information content (AvgIpc) is 2.34. The largest absolute Gasteiger partial charge is 0.381 e. The fourth-order valence-electron chi connectivity index (χ4n) is 2.43. The molecule has 17 heavy (non-hydrogen) atoms. The molecule has 1 fully saturated rings. The smallest absolute Gasteiger partial charge is 0.239 e. The van der Waals surface area contributed by atoms with Crippen LogP contribution in [-0.2, 0) is 9.53 Å². The zero-order valence-corrected chi connectivity index (χ0v) is 11.3. The van der Waals surface area contributed by atoms with Crippen molar-refractivity contribution in [1.29, 1.82) is 0 Å². The van der Waals surface area contributed by atoms with Gasteiger partial charge in [-0.3, -0.25) is 4.79 Å². The molecule has 0 aromatic rings. The number of likely N-dealkylation sites (tertiary alicyclic amines) is 1. The number of rotatable bonds is 5. The zero-order chi connectivity index (χ0) is 12.8. The van der Waals surface area contributed by atoms with Gasteiger partial charge in [0, 0.05) is 19.7 Å². The standard InChI is InChI=1S/C13H26N2O2/c1-4-5-6-12(14)13(16)15-8-7-11(17-3)9-10(15)2/h10-12H,4-9,14H2,1-3H3. The van der Waals surface area contributed by atoms with E-state index in [1.807, 2.05) is 4.90 Å². The predicted octanol–water partition coefficient (Wildman–Crippen LogP) is 1.53. The van der Waals surface area contributed by atoms with Crippen LogP contribution in [0.4, 0.5) is 0 Å². The number of hydrogen-bond acceptors (Lipinski definition) is 3. The van der Waals surface area contributed by atoms with E-state index < -0.39 is 0 Å². The van der Waals surface area contributed by atoms with Gasteiger partial charge in [-0.05, 0) is 26.2 Å². The number of nitrogens with zero attached hydrogens (tertiary/aromatic N) is 1. The minimum absolute atomic E-state index is 0.112. The number of unbranched alkanes of at least 4 members (excludes halogenated alkanes) is 1. The molecule has 0 aromatic carbocycles. The molecule has 0 radical (unpaired) electrons. The summed E-state index contributed by atoms with van der Waals surface area (Å²) in [5.74, 6) is 0.112. The summed E-state index contributed by atoms with van der Waals surface area (Å²) in [6.45, 7) is 4.97. The number of methoxy groups -OCH3 is 1. The Balaban J connectivity index is 2.46. The van der Waals surface area contributed by atoms with Crippen LogP contribution >= 0.6 is 0 Å². The number of amides is 1. The fraction of sp³-hybridized carbons (Fsp3) is 0.923. The molecule has 1 amide bonds. The van der Waals surface area contributed by atoms with Gasteiger partial charge < -0.3 is 15.4 Å². The van der Waals surface area contributed by atoms with Gasteiger partial charge in [0.1, 0.15) is 0 Å². The first-order valence-electron chi connectivity index (χ1n) is 6.69. The van der Waals surface area contributed by atoms with Gasteiger partial charge in [-0.15, -0.1) is 0 Å². The number of carbonyl (C=O) groups is 1. The van der Waals surface area contributed by atoms with Crippen molar-refractivity contribution < 1.29 is 9.53 Å². The maximum absolute atomic E-state index is 12.2. The Kier molecular flexibility index (Phi) is 5.92. The summed E-state index contributed by atoms with van der Waals surface area (Å²) in [6.07, 6.45) is 5.04. The Labute approximate surface area is 104 Å². The van der Waals surface area contributed by atoms with Crippen LogP contribution in [0.2, 0.25) is 0 Å². The first-order chi connectivity index (χ1) is 8.10. The van der Waals surface area contributed by atoms with Gasteiger partial charge in [0.2, 0.25) is 5.91 Å². The normalized spacial score (nSPS) is 26.9. The molecule has 0 aromatic heterocycles. The number of carbonyl (C=O) groups excluding carboxylic acids is 1. The maximum atomic E-state index is 12.2. The molecule has 3 unspecified atom stereocenters. The lowest BCUT2D eigenvalue weighted by Crippen LogP contribution is -2.52. The lowest BCUT2D eigenvalue weighted by Gasteiger charge is -2.38. The third-order valence-electron chi connectivity index (χ3n) is 3.63. The highest BCUT2D eigenvalue weighted by atomic mass is 16.5. The van der Waals surface area contributed by atoms with E-state index in [1.54, 1.807) is 7.11 Å². The van der Waals surface area contributed by atoms with E-state index in [0.717, 1.165) is 38.6 Å².